The second kappa shape index (κ2) is 7.33. The highest BCUT2D eigenvalue weighted by Gasteiger charge is 2.22. The number of nitro benzene ring substituents is 2. The van der Waals surface area contributed by atoms with Gasteiger partial charge in [-0.05, 0) is 4.92 Å². The van der Waals surface area contributed by atoms with Crippen LogP contribution in [0.3, 0.4) is 0 Å². The lowest BCUT2D eigenvalue weighted by molar-refractivity contribution is -0.394. The standard InChI is InChI=1S/C13H11N5O8/c1-8-14-7-12(18(24)25)15(8)2-3-26-13(19)9-4-10(16(20)21)6-11(5-9)17(22)23/h4-7H,2-3H2,1H3. The largest absolute Gasteiger partial charge is 0.458 e. The second-order valence-corrected chi connectivity index (χ2v) is 4.96. The van der Waals surface area contributed by atoms with Crippen molar-refractivity contribution in [3.8, 4) is 0 Å². The molecule has 13 heteroatoms. The lowest BCUT2D eigenvalue weighted by Gasteiger charge is -2.05. The van der Waals surface area contributed by atoms with Crippen LogP contribution in [0, 0.1) is 37.3 Å². The number of carbonyl (C=O) groups is 1. The zero-order valence-corrected chi connectivity index (χ0v) is 13.2. The van der Waals surface area contributed by atoms with Crippen molar-refractivity contribution in [2.75, 3.05) is 6.61 Å². The number of aryl methyl sites for hydroxylation is 1. The number of carbonyl (C=O) groups excluding carboxylic acids is 1. The fraction of sp³-hybridized carbons (Fsp3) is 0.231. The summed E-state index contributed by atoms with van der Waals surface area (Å²) in [5.74, 6) is -0.986. The molecule has 0 spiro atoms. The normalized spacial score (nSPS) is 10.3. The lowest BCUT2D eigenvalue weighted by Crippen LogP contribution is -2.14. The summed E-state index contributed by atoms with van der Waals surface area (Å²) in [6, 6.07) is 2.41. The van der Waals surface area contributed by atoms with Crippen LogP contribution in [0.2, 0.25) is 0 Å². The summed E-state index contributed by atoms with van der Waals surface area (Å²) < 4.78 is 6.12. The Balaban J connectivity index is 2.13. The molecule has 0 amide bonds. The van der Waals surface area contributed by atoms with Crippen molar-refractivity contribution in [2.45, 2.75) is 13.5 Å². The molecule has 0 N–H and O–H groups in total. The molecule has 1 heterocycles. The highest BCUT2D eigenvalue weighted by Crippen LogP contribution is 2.23. The summed E-state index contributed by atoms with van der Waals surface area (Å²) in [7, 11) is 0. The van der Waals surface area contributed by atoms with E-state index in [0.717, 1.165) is 24.4 Å². The lowest BCUT2D eigenvalue weighted by atomic mass is 10.2. The predicted octanol–water partition coefficient (Wildman–Crippen LogP) is 1.77. The van der Waals surface area contributed by atoms with E-state index in [2.05, 4.69) is 4.98 Å². The first kappa shape index (κ1) is 18.4. The summed E-state index contributed by atoms with van der Waals surface area (Å²) >= 11 is 0. The molecule has 2 rings (SSSR count). The smallest absolute Gasteiger partial charge is 0.342 e. The molecule has 0 unspecified atom stereocenters. The van der Waals surface area contributed by atoms with Gasteiger partial charge in [0.25, 0.3) is 11.4 Å². The molecular weight excluding hydrogens is 354 g/mol. The molecule has 0 fully saturated rings. The highest BCUT2D eigenvalue weighted by atomic mass is 16.6. The molecule has 26 heavy (non-hydrogen) atoms. The van der Waals surface area contributed by atoms with Gasteiger partial charge in [-0.1, -0.05) is 0 Å². The summed E-state index contributed by atoms with van der Waals surface area (Å²) in [5, 5.41) is 32.5. The van der Waals surface area contributed by atoms with Gasteiger partial charge in [-0.15, -0.1) is 0 Å². The van der Waals surface area contributed by atoms with E-state index in [-0.39, 0.29) is 24.5 Å². The van der Waals surface area contributed by atoms with E-state index in [9.17, 15) is 35.1 Å². The summed E-state index contributed by atoms with van der Waals surface area (Å²) in [4.78, 5) is 45.9. The van der Waals surface area contributed by atoms with Crippen molar-refractivity contribution < 1.29 is 24.3 Å². The van der Waals surface area contributed by atoms with Gasteiger partial charge >= 0.3 is 11.8 Å². The number of benzene rings is 1. The first-order chi connectivity index (χ1) is 12.2. The predicted molar refractivity (Wildman–Crippen MR) is 83.7 cm³/mol. The molecule has 13 nitrogen and oxygen atoms in total. The minimum absolute atomic E-state index is 0.0785. The topological polar surface area (TPSA) is 174 Å². The summed E-state index contributed by atoms with van der Waals surface area (Å²) in [6.07, 6.45) is 1.06. The maximum Gasteiger partial charge on any atom is 0.342 e. The van der Waals surface area contributed by atoms with Gasteiger partial charge in [0.1, 0.15) is 19.3 Å². The number of ether oxygens (including phenoxy) is 1. The molecule has 0 bridgehead atoms. The first-order valence-electron chi connectivity index (χ1n) is 6.98. The number of nitro groups is 3. The van der Waals surface area contributed by atoms with E-state index in [1.807, 2.05) is 0 Å². The van der Waals surface area contributed by atoms with E-state index in [1.165, 1.54) is 11.5 Å². The molecule has 0 atom stereocenters. The Morgan fingerprint density at radius 2 is 1.65 bits per heavy atom. The number of hydrogen-bond acceptors (Lipinski definition) is 9. The molecular formula is C13H11N5O8. The van der Waals surface area contributed by atoms with Crippen LogP contribution < -0.4 is 0 Å². The zero-order chi connectivity index (χ0) is 19.4. The molecule has 0 aliphatic heterocycles. The van der Waals surface area contributed by atoms with Crippen molar-refractivity contribution in [1.29, 1.82) is 0 Å². The number of esters is 1. The zero-order valence-electron chi connectivity index (χ0n) is 13.2. The Hall–Kier alpha value is -3.90. The number of aromatic nitrogens is 2. The van der Waals surface area contributed by atoms with E-state index < -0.39 is 32.1 Å². The Morgan fingerprint density at radius 3 is 2.15 bits per heavy atom. The maximum absolute atomic E-state index is 12.0. The Bertz CT molecular complexity index is 874. The number of non-ortho nitro benzene ring substituents is 2. The van der Waals surface area contributed by atoms with Crippen LogP contribution in [0.25, 0.3) is 0 Å². The fourth-order valence-electron chi connectivity index (χ4n) is 2.12. The van der Waals surface area contributed by atoms with Gasteiger partial charge in [0.05, 0.1) is 21.5 Å². The van der Waals surface area contributed by atoms with Gasteiger partial charge in [0.15, 0.2) is 5.82 Å². The molecule has 0 aliphatic rings. The van der Waals surface area contributed by atoms with Crippen LogP contribution in [0.15, 0.2) is 24.4 Å². The van der Waals surface area contributed by atoms with Crippen molar-refractivity contribution in [1.82, 2.24) is 9.55 Å². The second-order valence-electron chi connectivity index (χ2n) is 4.96. The molecule has 0 saturated heterocycles. The quantitative estimate of drug-likeness (QED) is 0.402. The van der Waals surface area contributed by atoms with Crippen molar-refractivity contribution in [3.63, 3.8) is 0 Å². The molecule has 1 aromatic carbocycles. The van der Waals surface area contributed by atoms with Crippen LogP contribution >= 0.6 is 0 Å². The third kappa shape index (κ3) is 3.95. The van der Waals surface area contributed by atoms with E-state index in [1.54, 1.807) is 0 Å². The van der Waals surface area contributed by atoms with Crippen LogP contribution in [0.1, 0.15) is 16.2 Å². The Kier molecular flexibility index (Phi) is 5.20. The van der Waals surface area contributed by atoms with Crippen LogP contribution in [-0.2, 0) is 11.3 Å². The van der Waals surface area contributed by atoms with Gasteiger partial charge in [-0.2, -0.15) is 0 Å². The van der Waals surface area contributed by atoms with Gasteiger partial charge in [0.2, 0.25) is 0 Å². The minimum atomic E-state index is -1.03. The monoisotopic (exact) mass is 365 g/mol. The van der Waals surface area contributed by atoms with E-state index >= 15 is 0 Å². The maximum atomic E-state index is 12.0. The SMILES string of the molecule is Cc1ncc([N+](=O)[O-])n1CCOC(=O)c1cc([N+](=O)[O-])cc([N+](=O)[O-])c1. The average Bonchev–Trinajstić information content (AvgIpc) is 2.95. The first-order valence-corrected chi connectivity index (χ1v) is 6.98. The molecule has 0 aliphatic carbocycles. The van der Waals surface area contributed by atoms with Gasteiger partial charge in [-0.25, -0.2) is 14.3 Å². The van der Waals surface area contributed by atoms with Gasteiger partial charge in [-0.3, -0.25) is 20.2 Å². The summed E-state index contributed by atoms with van der Waals surface area (Å²) in [6.45, 7) is 1.15. The molecule has 1 aromatic heterocycles. The summed E-state index contributed by atoms with van der Waals surface area (Å²) in [5.41, 5.74) is -1.64. The van der Waals surface area contributed by atoms with Crippen molar-refractivity contribution in [3.05, 3.63) is 66.1 Å². The highest BCUT2D eigenvalue weighted by molar-refractivity contribution is 5.91. The number of rotatable bonds is 7. The number of nitrogens with zero attached hydrogens (tertiary/aromatic N) is 5. The Morgan fingerprint density at radius 1 is 1.08 bits per heavy atom. The number of imidazole rings is 1. The third-order valence-corrected chi connectivity index (χ3v) is 3.33. The molecule has 0 saturated carbocycles. The van der Waals surface area contributed by atoms with Crippen molar-refractivity contribution in [2.24, 2.45) is 0 Å². The minimum Gasteiger partial charge on any atom is -0.458 e. The van der Waals surface area contributed by atoms with Crippen LogP contribution in [-0.4, -0.2) is 36.9 Å². The van der Waals surface area contributed by atoms with E-state index in [4.69, 9.17) is 4.74 Å². The van der Waals surface area contributed by atoms with Crippen LogP contribution in [0.4, 0.5) is 17.2 Å². The third-order valence-electron chi connectivity index (χ3n) is 3.33. The van der Waals surface area contributed by atoms with Crippen molar-refractivity contribution >= 4 is 23.2 Å². The molecule has 136 valence electrons. The fourth-order valence-corrected chi connectivity index (χ4v) is 2.12. The molecule has 0 radical (unpaired) electrons. The molecule has 2 aromatic rings. The van der Waals surface area contributed by atoms with E-state index in [0.29, 0.717) is 5.82 Å². The van der Waals surface area contributed by atoms with Gasteiger partial charge in [0, 0.05) is 19.1 Å². The van der Waals surface area contributed by atoms with Crippen LogP contribution in [0.5, 0.6) is 0 Å². The van der Waals surface area contributed by atoms with Gasteiger partial charge < -0.3 is 14.9 Å². The number of hydrogen-bond donors (Lipinski definition) is 0. The Labute approximate surface area is 144 Å². The average molecular weight is 365 g/mol.